The summed E-state index contributed by atoms with van der Waals surface area (Å²) >= 11 is 0. The van der Waals surface area contributed by atoms with Crippen molar-refractivity contribution in [1.82, 2.24) is 19.7 Å². The lowest BCUT2D eigenvalue weighted by molar-refractivity contribution is -0.137. The number of halogens is 3. The van der Waals surface area contributed by atoms with Crippen molar-refractivity contribution in [3.05, 3.63) is 59.7 Å². The molecule has 0 amide bonds. The predicted octanol–water partition coefficient (Wildman–Crippen LogP) is 4.08. The third-order valence-corrected chi connectivity index (χ3v) is 4.34. The van der Waals surface area contributed by atoms with E-state index in [0.717, 1.165) is 23.4 Å². The molecule has 4 rings (SSSR count). The van der Waals surface area contributed by atoms with E-state index in [9.17, 15) is 13.2 Å². The number of methoxy groups -OCH3 is 1. The molecule has 0 fully saturated rings. The number of imidazole rings is 1. The fraction of sp³-hybridized carbons (Fsp3) is 0.158. The number of fused-ring (bicyclic) bond motifs is 1. The number of hydrogen-bond acceptors (Lipinski definition) is 4. The Morgan fingerprint density at radius 3 is 2.54 bits per heavy atom. The minimum atomic E-state index is -4.42. The fourth-order valence-electron chi connectivity index (χ4n) is 2.96. The van der Waals surface area contributed by atoms with Crippen molar-refractivity contribution < 1.29 is 17.9 Å². The number of hydrogen-bond donors (Lipinski definition) is 2. The molecule has 0 aliphatic carbocycles. The van der Waals surface area contributed by atoms with Crippen molar-refractivity contribution in [3.8, 4) is 17.3 Å². The highest BCUT2D eigenvalue weighted by atomic mass is 19.4. The van der Waals surface area contributed by atoms with E-state index in [0.29, 0.717) is 29.4 Å². The zero-order chi connectivity index (χ0) is 19.9. The molecule has 2 heterocycles. The van der Waals surface area contributed by atoms with Gasteiger partial charge in [-0.05, 0) is 35.9 Å². The molecule has 3 N–H and O–H groups in total. The van der Waals surface area contributed by atoms with Crippen molar-refractivity contribution in [1.29, 1.82) is 0 Å². The molecule has 0 unspecified atom stereocenters. The van der Waals surface area contributed by atoms with E-state index in [1.54, 1.807) is 17.9 Å². The summed E-state index contributed by atoms with van der Waals surface area (Å²) in [6.07, 6.45) is -4.42. The van der Waals surface area contributed by atoms with Crippen LogP contribution in [0.3, 0.4) is 0 Å². The van der Waals surface area contributed by atoms with E-state index in [4.69, 9.17) is 10.5 Å². The molecule has 0 atom stereocenters. The van der Waals surface area contributed by atoms with Crippen molar-refractivity contribution in [3.63, 3.8) is 0 Å². The summed E-state index contributed by atoms with van der Waals surface area (Å²) in [6, 6.07) is 12.5. The first-order chi connectivity index (χ1) is 13.3. The SMILES string of the molecule is COc1ccc(Cn2nc(N)cc2-c2nc3cc(C(F)(F)F)ccc3[nH]2)cc1. The quantitative estimate of drug-likeness (QED) is 0.553. The summed E-state index contributed by atoms with van der Waals surface area (Å²) in [7, 11) is 1.59. The zero-order valence-electron chi connectivity index (χ0n) is 14.8. The average Bonchev–Trinajstić information content (AvgIpc) is 3.24. The van der Waals surface area contributed by atoms with E-state index >= 15 is 0 Å². The molecule has 9 heteroatoms. The summed E-state index contributed by atoms with van der Waals surface area (Å²) in [5, 5.41) is 4.28. The number of rotatable bonds is 4. The molecule has 0 spiro atoms. The number of anilines is 1. The summed E-state index contributed by atoms with van der Waals surface area (Å²) in [5.74, 6) is 1.42. The van der Waals surface area contributed by atoms with Gasteiger partial charge in [0.05, 0.1) is 30.3 Å². The molecule has 28 heavy (non-hydrogen) atoms. The first kappa shape index (κ1) is 17.9. The number of nitrogens with zero attached hydrogens (tertiary/aromatic N) is 3. The number of aromatic amines is 1. The number of H-pyrrole nitrogens is 1. The van der Waals surface area contributed by atoms with E-state index in [2.05, 4.69) is 15.1 Å². The second kappa shape index (κ2) is 6.59. The van der Waals surface area contributed by atoms with Crippen LogP contribution in [0, 0.1) is 0 Å². The van der Waals surface area contributed by atoms with Crippen LogP contribution in [0.25, 0.3) is 22.6 Å². The van der Waals surface area contributed by atoms with Crippen LogP contribution in [0.2, 0.25) is 0 Å². The van der Waals surface area contributed by atoms with Gasteiger partial charge in [0, 0.05) is 6.07 Å². The maximum atomic E-state index is 12.9. The van der Waals surface area contributed by atoms with Gasteiger partial charge in [-0.1, -0.05) is 12.1 Å². The van der Waals surface area contributed by atoms with Gasteiger partial charge >= 0.3 is 6.18 Å². The Morgan fingerprint density at radius 1 is 1.11 bits per heavy atom. The highest BCUT2D eigenvalue weighted by Crippen LogP contribution is 2.32. The normalized spacial score (nSPS) is 11.9. The lowest BCUT2D eigenvalue weighted by Crippen LogP contribution is -2.05. The van der Waals surface area contributed by atoms with Crippen LogP contribution in [-0.2, 0) is 12.7 Å². The van der Waals surface area contributed by atoms with E-state index < -0.39 is 11.7 Å². The first-order valence-corrected chi connectivity index (χ1v) is 8.37. The molecule has 0 saturated heterocycles. The number of nitrogens with two attached hydrogens (primary N) is 1. The topological polar surface area (TPSA) is 81.8 Å². The van der Waals surface area contributed by atoms with Gasteiger partial charge in [0.1, 0.15) is 17.3 Å². The molecular weight excluding hydrogens is 371 g/mol. The molecule has 4 aromatic rings. The number of nitrogen functional groups attached to an aromatic ring is 1. The molecule has 0 radical (unpaired) electrons. The standard InChI is InChI=1S/C19H16F3N5O/c1-28-13-5-2-11(3-6-13)10-27-16(9-17(23)26-27)18-24-14-7-4-12(19(20,21)22)8-15(14)25-18/h2-9H,10H2,1H3,(H2,23,26)(H,24,25). The summed E-state index contributed by atoms with van der Waals surface area (Å²) in [4.78, 5) is 7.34. The molecule has 0 saturated carbocycles. The van der Waals surface area contributed by atoms with Gasteiger partial charge in [-0.2, -0.15) is 18.3 Å². The summed E-state index contributed by atoms with van der Waals surface area (Å²) < 4.78 is 45.6. The van der Waals surface area contributed by atoms with Gasteiger partial charge in [0.2, 0.25) is 0 Å². The Labute approximate surface area is 157 Å². The van der Waals surface area contributed by atoms with E-state index in [-0.39, 0.29) is 5.52 Å². The molecular formula is C19H16F3N5O. The van der Waals surface area contributed by atoms with Crippen LogP contribution in [0.4, 0.5) is 19.0 Å². The van der Waals surface area contributed by atoms with Gasteiger partial charge in [-0.15, -0.1) is 0 Å². The third kappa shape index (κ3) is 3.38. The van der Waals surface area contributed by atoms with Crippen molar-refractivity contribution in [2.24, 2.45) is 0 Å². The Hall–Kier alpha value is -3.49. The molecule has 144 valence electrons. The largest absolute Gasteiger partial charge is 0.497 e. The molecule has 0 aliphatic rings. The van der Waals surface area contributed by atoms with Gasteiger partial charge < -0.3 is 15.5 Å². The van der Waals surface area contributed by atoms with Gasteiger partial charge in [0.25, 0.3) is 0 Å². The molecule has 2 aromatic heterocycles. The molecule has 2 aromatic carbocycles. The minimum Gasteiger partial charge on any atom is -0.497 e. The van der Waals surface area contributed by atoms with Gasteiger partial charge in [-0.25, -0.2) is 4.98 Å². The summed E-state index contributed by atoms with van der Waals surface area (Å²) in [5.41, 5.74) is 7.37. The number of nitrogens with one attached hydrogen (secondary N) is 1. The van der Waals surface area contributed by atoms with E-state index in [1.165, 1.54) is 6.07 Å². The van der Waals surface area contributed by atoms with Gasteiger partial charge in [0.15, 0.2) is 5.82 Å². The molecule has 6 nitrogen and oxygen atoms in total. The number of aromatic nitrogens is 4. The zero-order valence-corrected chi connectivity index (χ0v) is 14.8. The molecule has 0 aliphatic heterocycles. The molecule has 0 bridgehead atoms. The number of alkyl halides is 3. The Morgan fingerprint density at radius 2 is 1.86 bits per heavy atom. The van der Waals surface area contributed by atoms with Crippen LogP contribution in [0.1, 0.15) is 11.1 Å². The Bertz CT molecular complexity index is 1130. The average molecular weight is 387 g/mol. The Kier molecular flexibility index (Phi) is 4.21. The van der Waals surface area contributed by atoms with Crippen LogP contribution in [0.15, 0.2) is 48.5 Å². The lowest BCUT2D eigenvalue weighted by Gasteiger charge is -2.06. The smallest absolute Gasteiger partial charge is 0.416 e. The maximum absolute atomic E-state index is 12.9. The van der Waals surface area contributed by atoms with Crippen molar-refractivity contribution in [2.45, 2.75) is 12.7 Å². The minimum absolute atomic E-state index is 0.223. The second-order valence-electron chi connectivity index (χ2n) is 6.28. The third-order valence-electron chi connectivity index (χ3n) is 4.34. The Balaban J connectivity index is 1.71. The van der Waals surface area contributed by atoms with Crippen LogP contribution >= 0.6 is 0 Å². The van der Waals surface area contributed by atoms with Crippen molar-refractivity contribution in [2.75, 3.05) is 12.8 Å². The van der Waals surface area contributed by atoms with Crippen LogP contribution in [-0.4, -0.2) is 26.9 Å². The van der Waals surface area contributed by atoms with E-state index in [1.807, 2.05) is 24.3 Å². The van der Waals surface area contributed by atoms with Crippen LogP contribution in [0.5, 0.6) is 5.75 Å². The fourth-order valence-corrected chi connectivity index (χ4v) is 2.96. The van der Waals surface area contributed by atoms with Crippen LogP contribution < -0.4 is 10.5 Å². The first-order valence-electron chi connectivity index (χ1n) is 8.37. The number of benzene rings is 2. The highest BCUT2D eigenvalue weighted by Gasteiger charge is 2.30. The van der Waals surface area contributed by atoms with Crippen molar-refractivity contribution >= 4 is 16.9 Å². The monoisotopic (exact) mass is 387 g/mol. The second-order valence-corrected chi connectivity index (χ2v) is 6.28. The predicted molar refractivity (Wildman–Crippen MR) is 98.8 cm³/mol. The number of ether oxygens (including phenoxy) is 1. The summed E-state index contributed by atoms with van der Waals surface area (Å²) in [6.45, 7) is 0.418. The maximum Gasteiger partial charge on any atom is 0.416 e. The highest BCUT2D eigenvalue weighted by molar-refractivity contribution is 5.80. The lowest BCUT2D eigenvalue weighted by atomic mass is 10.2. The van der Waals surface area contributed by atoms with Gasteiger partial charge in [-0.3, -0.25) is 4.68 Å².